The number of carboxylic acid groups (broad SMARTS) is 1. The van der Waals surface area contributed by atoms with Crippen LogP contribution in [0.15, 0.2) is 15.9 Å². The van der Waals surface area contributed by atoms with Gasteiger partial charge in [0, 0.05) is 14.7 Å². The van der Waals surface area contributed by atoms with Crippen LogP contribution < -0.4 is 11.5 Å². The van der Waals surface area contributed by atoms with E-state index in [1.165, 1.54) is 11.3 Å². The summed E-state index contributed by atoms with van der Waals surface area (Å²) in [5, 5.41) is 10.4. The Kier molecular flexibility index (Phi) is 3.43. The lowest BCUT2D eigenvalue weighted by molar-refractivity contribution is -0.139. The fourth-order valence-corrected chi connectivity index (χ4v) is 2.33. The predicted octanol–water partition coefficient (Wildman–Crippen LogP) is 0.922. The monoisotopic (exact) mass is 264 g/mol. The normalized spacial score (nSPS) is 15.3. The fraction of sp³-hybridized carbons (Fsp3) is 0.286. The van der Waals surface area contributed by atoms with E-state index >= 15 is 0 Å². The lowest BCUT2D eigenvalue weighted by Gasteiger charge is -2.13. The van der Waals surface area contributed by atoms with Crippen molar-refractivity contribution in [2.24, 2.45) is 11.5 Å². The Labute approximate surface area is 87.7 Å². The van der Waals surface area contributed by atoms with E-state index in [1.54, 1.807) is 6.07 Å². The third-order valence-corrected chi connectivity index (χ3v) is 3.38. The maximum Gasteiger partial charge on any atom is 0.322 e. The molecular formula is C7H9BrN2O2S. The largest absolute Gasteiger partial charge is 0.480 e. The second-order valence-electron chi connectivity index (χ2n) is 2.56. The third kappa shape index (κ3) is 2.50. The Morgan fingerprint density at radius 3 is 2.62 bits per heavy atom. The average Bonchev–Trinajstić information content (AvgIpc) is 2.49. The first kappa shape index (κ1) is 10.6. The van der Waals surface area contributed by atoms with Crippen molar-refractivity contribution in [2.45, 2.75) is 12.1 Å². The summed E-state index contributed by atoms with van der Waals surface area (Å²) < 4.78 is 0.889. The number of aliphatic carboxylic acids is 1. The minimum atomic E-state index is -1.09. The number of thiophene rings is 1. The van der Waals surface area contributed by atoms with E-state index in [-0.39, 0.29) is 0 Å². The summed E-state index contributed by atoms with van der Waals surface area (Å²) in [6.45, 7) is 0. The van der Waals surface area contributed by atoms with Crippen LogP contribution in [0.3, 0.4) is 0 Å². The van der Waals surface area contributed by atoms with Gasteiger partial charge in [-0.2, -0.15) is 0 Å². The van der Waals surface area contributed by atoms with Crippen molar-refractivity contribution < 1.29 is 9.90 Å². The van der Waals surface area contributed by atoms with Crippen LogP contribution in [0.25, 0.3) is 0 Å². The molecule has 1 heterocycles. The van der Waals surface area contributed by atoms with E-state index in [0.717, 1.165) is 9.35 Å². The summed E-state index contributed by atoms with van der Waals surface area (Å²) in [6.07, 6.45) is 0. The van der Waals surface area contributed by atoms with E-state index < -0.39 is 18.1 Å². The molecule has 2 atom stereocenters. The minimum Gasteiger partial charge on any atom is -0.480 e. The van der Waals surface area contributed by atoms with Gasteiger partial charge in [-0.05, 0) is 22.0 Å². The van der Waals surface area contributed by atoms with Crippen molar-refractivity contribution in [3.63, 3.8) is 0 Å². The highest BCUT2D eigenvalue weighted by molar-refractivity contribution is 9.10. The highest BCUT2D eigenvalue weighted by Crippen LogP contribution is 2.25. The summed E-state index contributed by atoms with van der Waals surface area (Å²) in [7, 11) is 0. The number of nitrogens with two attached hydrogens (primary N) is 2. The molecule has 6 heteroatoms. The molecule has 0 aromatic carbocycles. The van der Waals surface area contributed by atoms with Crippen LogP contribution in [0.2, 0.25) is 0 Å². The first-order chi connectivity index (χ1) is 6.02. The first-order valence-corrected chi connectivity index (χ1v) is 5.17. The Hall–Kier alpha value is -0.430. The van der Waals surface area contributed by atoms with Crippen molar-refractivity contribution in [1.29, 1.82) is 0 Å². The minimum absolute atomic E-state index is 0.645. The molecule has 0 aliphatic heterocycles. The third-order valence-electron chi connectivity index (χ3n) is 1.59. The lowest BCUT2D eigenvalue weighted by Crippen LogP contribution is -2.40. The summed E-state index contributed by atoms with van der Waals surface area (Å²) in [5.41, 5.74) is 11.0. The molecule has 72 valence electrons. The zero-order chi connectivity index (χ0) is 10.0. The molecule has 0 saturated heterocycles. The van der Waals surface area contributed by atoms with E-state index in [0.29, 0.717) is 0 Å². The molecule has 0 bridgehead atoms. The van der Waals surface area contributed by atoms with E-state index in [1.807, 2.05) is 5.38 Å². The van der Waals surface area contributed by atoms with Crippen LogP contribution in [0, 0.1) is 0 Å². The van der Waals surface area contributed by atoms with Crippen LogP contribution in [0.1, 0.15) is 10.9 Å². The quantitative estimate of drug-likeness (QED) is 0.758. The molecule has 0 saturated carbocycles. The molecule has 0 fully saturated rings. The maximum absolute atomic E-state index is 10.5. The molecule has 0 aliphatic rings. The van der Waals surface area contributed by atoms with Gasteiger partial charge in [0.2, 0.25) is 0 Å². The van der Waals surface area contributed by atoms with Crippen molar-refractivity contribution >= 4 is 33.2 Å². The van der Waals surface area contributed by atoms with E-state index in [4.69, 9.17) is 16.6 Å². The molecule has 1 rings (SSSR count). The van der Waals surface area contributed by atoms with Crippen molar-refractivity contribution in [3.8, 4) is 0 Å². The highest BCUT2D eigenvalue weighted by Gasteiger charge is 2.23. The highest BCUT2D eigenvalue weighted by atomic mass is 79.9. The van der Waals surface area contributed by atoms with Gasteiger partial charge >= 0.3 is 5.97 Å². The van der Waals surface area contributed by atoms with E-state index in [9.17, 15) is 4.79 Å². The summed E-state index contributed by atoms with van der Waals surface area (Å²) >= 11 is 4.64. The SMILES string of the molecule is NC(C(=O)O)C(N)c1cc(Br)cs1. The van der Waals surface area contributed by atoms with E-state index in [2.05, 4.69) is 15.9 Å². The standard InChI is InChI=1S/C7H9BrN2O2S/c8-3-1-4(13-2-3)5(9)6(10)7(11)12/h1-2,5-6H,9-10H2,(H,11,12). The summed E-state index contributed by atoms with van der Waals surface area (Å²) in [5.74, 6) is -1.09. The smallest absolute Gasteiger partial charge is 0.322 e. The van der Waals surface area contributed by atoms with Gasteiger partial charge in [-0.3, -0.25) is 4.79 Å². The Balaban J connectivity index is 2.78. The molecule has 13 heavy (non-hydrogen) atoms. The maximum atomic E-state index is 10.5. The molecule has 0 radical (unpaired) electrons. The van der Waals surface area contributed by atoms with Crippen molar-refractivity contribution in [1.82, 2.24) is 0 Å². The molecule has 0 aliphatic carbocycles. The van der Waals surface area contributed by atoms with Gasteiger partial charge in [-0.25, -0.2) is 0 Å². The van der Waals surface area contributed by atoms with Gasteiger partial charge in [0.1, 0.15) is 6.04 Å². The molecule has 0 amide bonds. The van der Waals surface area contributed by atoms with Gasteiger partial charge in [0.25, 0.3) is 0 Å². The molecule has 1 aromatic heterocycles. The van der Waals surface area contributed by atoms with Crippen LogP contribution in [0.5, 0.6) is 0 Å². The Bertz CT molecular complexity index is 315. The van der Waals surface area contributed by atoms with Crippen LogP contribution >= 0.6 is 27.3 Å². The predicted molar refractivity (Wildman–Crippen MR) is 54.6 cm³/mol. The van der Waals surface area contributed by atoms with Crippen LogP contribution in [0.4, 0.5) is 0 Å². The summed E-state index contributed by atoms with van der Waals surface area (Å²) in [6, 6.07) is 0.0809. The average molecular weight is 265 g/mol. The molecule has 2 unspecified atom stereocenters. The number of halogens is 1. The first-order valence-electron chi connectivity index (χ1n) is 3.50. The van der Waals surface area contributed by atoms with Gasteiger partial charge in [0.05, 0.1) is 6.04 Å². The molecular weight excluding hydrogens is 256 g/mol. The van der Waals surface area contributed by atoms with Crippen molar-refractivity contribution in [2.75, 3.05) is 0 Å². The van der Waals surface area contributed by atoms with Crippen LogP contribution in [-0.4, -0.2) is 17.1 Å². The fourth-order valence-electron chi connectivity index (χ4n) is 0.834. The Morgan fingerprint density at radius 2 is 2.23 bits per heavy atom. The molecule has 0 spiro atoms. The van der Waals surface area contributed by atoms with Gasteiger partial charge < -0.3 is 16.6 Å². The topological polar surface area (TPSA) is 89.3 Å². The molecule has 1 aromatic rings. The number of carbonyl (C=O) groups is 1. The second-order valence-corrected chi connectivity index (χ2v) is 4.42. The zero-order valence-electron chi connectivity index (χ0n) is 6.61. The second kappa shape index (κ2) is 4.19. The number of carboxylic acids is 1. The van der Waals surface area contributed by atoms with Crippen LogP contribution in [-0.2, 0) is 4.79 Å². The summed E-state index contributed by atoms with van der Waals surface area (Å²) in [4.78, 5) is 11.3. The lowest BCUT2D eigenvalue weighted by atomic mass is 10.1. The number of hydrogen-bond acceptors (Lipinski definition) is 4. The van der Waals surface area contributed by atoms with Crippen molar-refractivity contribution in [3.05, 3.63) is 20.8 Å². The zero-order valence-corrected chi connectivity index (χ0v) is 9.01. The molecule has 4 nitrogen and oxygen atoms in total. The number of hydrogen-bond donors (Lipinski definition) is 3. The van der Waals surface area contributed by atoms with Gasteiger partial charge in [-0.1, -0.05) is 0 Å². The van der Waals surface area contributed by atoms with Gasteiger partial charge in [-0.15, -0.1) is 11.3 Å². The number of rotatable bonds is 3. The Morgan fingerprint density at radius 1 is 1.62 bits per heavy atom. The molecule has 5 N–H and O–H groups in total. The van der Waals surface area contributed by atoms with Gasteiger partial charge in [0.15, 0.2) is 0 Å².